The van der Waals surface area contributed by atoms with Gasteiger partial charge in [0.15, 0.2) is 11.5 Å². The Hall–Kier alpha value is -2.44. The van der Waals surface area contributed by atoms with E-state index in [0.717, 1.165) is 63.4 Å². The molecule has 1 aliphatic carbocycles. The Morgan fingerprint density at radius 2 is 1.47 bits per heavy atom. The van der Waals surface area contributed by atoms with Crippen LogP contribution in [0.3, 0.4) is 0 Å². The molecule has 0 radical (unpaired) electrons. The van der Waals surface area contributed by atoms with Crippen LogP contribution in [0.25, 0.3) is 0 Å². The van der Waals surface area contributed by atoms with Crippen molar-refractivity contribution in [2.45, 2.75) is 97.3 Å². The molecule has 0 heterocycles. The molecule has 1 saturated carbocycles. The molecule has 0 saturated heterocycles. The summed E-state index contributed by atoms with van der Waals surface area (Å²) in [6, 6.07) is 1.51. The van der Waals surface area contributed by atoms with E-state index in [1.165, 1.54) is 6.07 Å². The first-order valence-electron chi connectivity index (χ1n) is 11.7. The van der Waals surface area contributed by atoms with E-state index in [-0.39, 0.29) is 11.5 Å². The Bertz CT molecular complexity index is 809. The van der Waals surface area contributed by atoms with Crippen LogP contribution in [-0.2, 0) is 22.4 Å². The largest absolute Gasteiger partial charge is 0.504 e. The number of aliphatic carboxylic acids is 2. The van der Waals surface area contributed by atoms with Gasteiger partial charge in [0.05, 0.1) is 10.8 Å². The SMILES string of the molecule is CC(C)(CCCCCCc1c(CCCCCC2(C(=O)O)CC2)cc(O)c(O)c1O)C(=O)O. The lowest BCUT2D eigenvalue weighted by atomic mass is 9.87. The van der Waals surface area contributed by atoms with Crippen molar-refractivity contribution in [2.75, 3.05) is 0 Å². The van der Waals surface area contributed by atoms with Crippen LogP contribution >= 0.6 is 0 Å². The smallest absolute Gasteiger partial charge is 0.309 e. The predicted molar refractivity (Wildman–Crippen MR) is 121 cm³/mol. The summed E-state index contributed by atoms with van der Waals surface area (Å²) >= 11 is 0. The zero-order chi connectivity index (χ0) is 23.9. The monoisotopic (exact) mass is 450 g/mol. The maximum absolute atomic E-state index is 11.3. The molecule has 1 aliphatic rings. The summed E-state index contributed by atoms with van der Waals surface area (Å²) in [5.74, 6) is -2.58. The lowest BCUT2D eigenvalue weighted by molar-refractivity contribution is -0.147. The third kappa shape index (κ3) is 6.78. The van der Waals surface area contributed by atoms with Gasteiger partial charge >= 0.3 is 11.9 Å². The number of benzene rings is 1. The minimum Gasteiger partial charge on any atom is -0.504 e. The summed E-state index contributed by atoms with van der Waals surface area (Å²) in [5.41, 5.74) is 0.233. The topological polar surface area (TPSA) is 135 Å². The number of hydrogen-bond donors (Lipinski definition) is 5. The van der Waals surface area contributed by atoms with Crippen molar-refractivity contribution >= 4 is 11.9 Å². The quantitative estimate of drug-likeness (QED) is 0.179. The molecule has 0 atom stereocenters. The molecule has 0 aliphatic heterocycles. The van der Waals surface area contributed by atoms with Gasteiger partial charge in [-0.15, -0.1) is 0 Å². The number of rotatable bonds is 15. The lowest BCUT2D eigenvalue weighted by Crippen LogP contribution is -2.23. The standard InChI is InChI=1S/C25H38O7/c1-24(2,22(29)30)12-8-4-3-7-11-18-17(16-19(26)21(28)20(18)27)10-6-5-9-13-25(14-15-25)23(31)32/h16,26-28H,3-15H2,1-2H3,(H,29,30)(H,31,32). The van der Waals surface area contributed by atoms with Gasteiger partial charge in [0.25, 0.3) is 0 Å². The van der Waals surface area contributed by atoms with Gasteiger partial charge in [0.1, 0.15) is 0 Å². The zero-order valence-electron chi connectivity index (χ0n) is 19.3. The fourth-order valence-corrected chi connectivity index (χ4v) is 4.25. The maximum Gasteiger partial charge on any atom is 0.309 e. The number of hydrogen-bond acceptors (Lipinski definition) is 5. The molecule has 0 aromatic heterocycles. The molecule has 0 amide bonds. The highest BCUT2D eigenvalue weighted by atomic mass is 16.4. The maximum atomic E-state index is 11.3. The number of carbonyl (C=O) groups is 2. The fraction of sp³-hybridized carbons (Fsp3) is 0.680. The van der Waals surface area contributed by atoms with Crippen LogP contribution in [0.15, 0.2) is 6.07 Å². The van der Waals surface area contributed by atoms with Crippen molar-refractivity contribution in [1.29, 1.82) is 0 Å². The van der Waals surface area contributed by atoms with Crippen molar-refractivity contribution < 1.29 is 35.1 Å². The highest BCUT2D eigenvalue weighted by molar-refractivity contribution is 5.77. The first-order valence-corrected chi connectivity index (χ1v) is 11.7. The minimum atomic E-state index is -0.790. The number of phenolic OH excluding ortho intramolecular Hbond substituents is 3. The van der Waals surface area contributed by atoms with E-state index in [1.54, 1.807) is 13.8 Å². The molecule has 0 unspecified atom stereocenters. The Kier molecular flexibility index (Phi) is 8.81. The van der Waals surface area contributed by atoms with Crippen LogP contribution in [0.4, 0.5) is 0 Å². The van der Waals surface area contributed by atoms with E-state index in [4.69, 9.17) is 0 Å². The van der Waals surface area contributed by atoms with Crippen LogP contribution in [-0.4, -0.2) is 37.5 Å². The summed E-state index contributed by atoms with van der Waals surface area (Å²) in [4.78, 5) is 22.4. The van der Waals surface area contributed by atoms with E-state index >= 15 is 0 Å². The fourth-order valence-electron chi connectivity index (χ4n) is 4.25. The van der Waals surface area contributed by atoms with Crippen LogP contribution in [0, 0.1) is 10.8 Å². The summed E-state index contributed by atoms with van der Waals surface area (Å²) in [6.07, 6.45) is 9.95. The van der Waals surface area contributed by atoms with E-state index in [1.807, 2.05) is 0 Å². The van der Waals surface area contributed by atoms with Gasteiger partial charge in [-0.3, -0.25) is 9.59 Å². The van der Waals surface area contributed by atoms with Gasteiger partial charge < -0.3 is 25.5 Å². The molecule has 2 rings (SSSR count). The predicted octanol–water partition coefficient (Wildman–Crippen LogP) is 5.37. The molecule has 0 bridgehead atoms. The van der Waals surface area contributed by atoms with E-state index in [2.05, 4.69) is 0 Å². The van der Waals surface area contributed by atoms with Gasteiger partial charge in [-0.1, -0.05) is 32.1 Å². The molecule has 7 nitrogen and oxygen atoms in total. The Morgan fingerprint density at radius 1 is 0.875 bits per heavy atom. The molecular formula is C25H38O7. The highest BCUT2D eigenvalue weighted by Crippen LogP contribution is 2.50. The number of aryl methyl sites for hydroxylation is 1. The molecule has 0 spiro atoms. The molecule has 7 heteroatoms. The molecule has 1 fully saturated rings. The highest BCUT2D eigenvalue weighted by Gasteiger charge is 2.49. The summed E-state index contributed by atoms with van der Waals surface area (Å²) in [6.45, 7) is 3.45. The van der Waals surface area contributed by atoms with Crippen molar-refractivity contribution in [3.05, 3.63) is 17.2 Å². The first-order chi connectivity index (χ1) is 15.0. The number of unbranched alkanes of at least 4 members (excludes halogenated alkanes) is 5. The Balaban J connectivity index is 1.82. The van der Waals surface area contributed by atoms with Crippen molar-refractivity contribution in [3.8, 4) is 17.2 Å². The van der Waals surface area contributed by atoms with Crippen LogP contribution in [0.1, 0.15) is 95.6 Å². The van der Waals surface area contributed by atoms with Gasteiger partial charge in [0, 0.05) is 5.56 Å². The van der Waals surface area contributed by atoms with Crippen molar-refractivity contribution in [2.24, 2.45) is 10.8 Å². The van der Waals surface area contributed by atoms with Gasteiger partial charge in [0.2, 0.25) is 5.75 Å². The number of phenols is 3. The normalized spacial score (nSPS) is 14.9. The summed E-state index contributed by atoms with van der Waals surface area (Å²) in [5, 5.41) is 48.7. The molecule has 180 valence electrons. The van der Waals surface area contributed by atoms with Gasteiger partial charge in [-0.05, 0) is 76.8 Å². The van der Waals surface area contributed by atoms with Crippen molar-refractivity contribution in [3.63, 3.8) is 0 Å². The average Bonchev–Trinajstić information content (AvgIpc) is 3.51. The van der Waals surface area contributed by atoms with Crippen LogP contribution in [0.5, 0.6) is 17.2 Å². The summed E-state index contributed by atoms with van der Waals surface area (Å²) < 4.78 is 0. The molecular weight excluding hydrogens is 412 g/mol. The molecule has 1 aromatic carbocycles. The van der Waals surface area contributed by atoms with Crippen molar-refractivity contribution in [1.82, 2.24) is 0 Å². The van der Waals surface area contributed by atoms with E-state index in [0.29, 0.717) is 31.2 Å². The molecule has 5 N–H and O–H groups in total. The second-order valence-electron chi connectivity index (χ2n) is 9.98. The number of carboxylic acid groups (broad SMARTS) is 2. The van der Waals surface area contributed by atoms with E-state index < -0.39 is 28.5 Å². The Morgan fingerprint density at radius 3 is 2.06 bits per heavy atom. The van der Waals surface area contributed by atoms with Gasteiger partial charge in [-0.25, -0.2) is 0 Å². The van der Waals surface area contributed by atoms with Crippen LogP contribution in [0.2, 0.25) is 0 Å². The number of aromatic hydroxyl groups is 3. The third-order valence-electron chi connectivity index (χ3n) is 6.92. The minimum absolute atomic E-state index is 0.269. The number of carboxylic acids is 2. The second kappa shape index (κ2) is 10.9. The van der Waals surface area contributed by atoms with Crippen LogP contribution < -0.4 is 0 Å². The molecule has 32 heavy (non-hydrogen) atoms. The second-order valence-corrected chi connectivity index (χ2v) is 9.98. The zero-order valence-corrected chi connectivity index (χ0v) is 19.3. The Labute approximate surface area is 190 Å². The molecule has 1 aromatic rings. The van der Waals surface area contributed by atoms with E-state index in [9.17, 15) is 35.1 Å². The first kappa shape index (κ1) is 25.8. The lowest BCUT2D eigenvalue weighted by Gasteiger charge is -2.18. The summed E-state index contributed by atoms with van der Waals surface area (Å²) in [7, 11) is 0. The average molecular weight is 451 g/mol. The third-order valence-corrected chi connectivity index (χ3v) is 6.92. The van der Waals surface area contributed by atoms with Gasteiger partial charge in [-0.2, -0.15) is 0 Å².